The van der Waals surface area contributed by atoms with Gasteiger partial charge in [-0.2, -0.15) is 0 Å². The largest absolute Gasteiger partial charge is 0.481 e. The van der Waals surface area contributed by atoms with Gasteiger partial charge < -0.3 is 5.11 Å². The van der Waals surface area contributed by atoms with E-state index in [0.29, 0.717) is 6.04 Å². The Labute approximate surface area is 91.5 Å². The van der Waals surface area contributed by atoms with Crippen LogP contribution >= 0.6 is 0 Å². The summed E-state index contributed by atoms with van der Waals surface area (Å²) in [6.45, 7) is 5.99. The van der Waals surface area contributed by atoms with E-state index in [1.807, 2.05) is 6.92 Å². The highest BCUT2D eigenvalue weighted by Crippen LogP contribution is 2.41. The number of hydrogen-bond acceptors (Lipinski definition) is 2. The highest BCUT2D eigenvalue weighted by molar-refractivity contribution is 5.75. The average molecular weight is 211 g/mol. The van der Waals surface area contributed by atoms with Gasteiger partial charge in [-0.3, -0.25) is 9.69 Å². The van der Waals surface area contributed by atoms with Crippen molar-refractivity contribution in [1.29, 1.82) is 0 Å². The Morgan fingerprint density at radius 3 is 2.67 bits per heavy atom. The quantitative estimate of drug-likeness (QED) is 0.773. The van der Waals surface area contributed by atoms with Crippen LogP contribution in [0.4, 0.5) is 0 Å². The molecule has 3 heteroatoms. The second-order valence-corrected chi connectivity index (χ2v) is 5.24. The second-order valence-electron chi connectivity index (χ2n) is 5.24. The zero-order chi connectivity index (χ0) is 11.1. The Bertz CT molecular complexity index is 262. The van der Waals surface area contributed by atoms with E-state index in [-0.39, 0.29) is 0 Å². The van der Waals surface area contributed by atoms with E-state index in [1.54, 1.807) is 0 Å². The van der Waals surface area contributed by atoms with Crippen molar-refractivity contribution >= 4 is 5.97 Å². The first-order chi connectivity index (χ1) is 7.09. The summed E-state index contributed by atoms with van der Waals surface area (Å²) >= 11 is 0. The molecule has 1 heterocycles. The van der Waals surface area contributed by atoms with Gasteiger partial charge in [0.15, 0.2) is 0 Å². The maximum Gasteiger partial charge on any atom is 0.310 e. The lowest BCUT2D eigenvalue weighted by Crippen LogP contribution is -2.38. The third-order valence-electron chi connectivity index (χ3n) is 4.39. The minimum absolute atomic E-state index is 0.455. The molecule has 0 amide bonds. The summed E-state index contributed by atoms with van der Waals surface area (Å²) in [5, 5.41) is 9.29. The molecule has 1 saturated heterocycles. The standard InChI is InChI=1S/C12H21NO2/c1-3-12(11(14)15)6-7-13(8-12)9(2)10-4-5-10/h9-10H,3-8H2,1-2H3,(H,14,15). The molecule has 86 valence electrons. The Hall–Kier alpha value is -0.570. The summed E-state index contributed by atoms with van der Waals surface area (Å²) in [4.78, 5) is 13.7. The van der Waals surface area contributed by atoms with Gasteiger partial charge in [0.2, 0.25) is 0 Å². The normalized spacial score (nSPS) is 34.3. The van der Waals surface area contributed by atoms with E-state index in [0.717, 1.165) is 31.8 Å². The maximum absolute atomic E-state index is 11.3. The average Bonchev–Trinajstić information content (AvgIpc) is 2.96. The van der Waals surface area contributed by atoms with Crippen LogP contribution in [-0.2, 0) is 4.79 Å². The molecule has 1 N–H and O–H groups in total. The van der Waals surface area contributed by atoms with E-state index < -0.39 is 11.4 Å². The number of carboxylic acid groups (broad SMARTS) is 1. The van der Waals surface area contributed by atoms with Crippen LogP contribution in [0.1, 0.15) is 39.5 Å². The highest BCUT2D eigenvalue weighted by atomic mass is 16.4. The van der Waals surface area contributed by atoms with Crippen molar-refractivity contribution in [2.75, 3.05) is 13.1 Å². The van der Waals surface area contributed by atoms with Crippen molar-refractivity contribution in [2.24, 2.45) is 11.3 Å². The predicted molar refractivity (Wildman–Crippen MR) is 58.7 cm³/mol. The Morgan fingerprint density at radius 2 is 2.27 bits per heavy atom. The van der Waals surface area contributed by atoms with Gasteiger partial charge in [-0.15, -0.1) is 0 Å². The summed E-state index contributed by atoms with van der Waals surface area (Å²) < 4.78 is 0. The minimum atomic E-state index is -0.601. The number of hydrogen-bond donors (Lipinski definition) is 1. The van der Waals surface area contributed by atoms with E-state index >= 15 is 0 Å². The van der Waals surface area contributed by atoms with Crippen molar-refractivity contribution in [3.63, 3.8) is 0 Å². The van der Waals surface area contributed by atoms with Crippen LogP contribution in [0.15, 0.2) is 0 Å². The van der Waals surface area contributed by atoms with Crippen LogP contribution in [-0.4, -0.2) is 35.1 Å². The fourth-order valence-corrected chi connectivity index (χ4v) is 2.74. The van der Waals surface area contributed by atoms with Gasteiger partial charge in [0, 0.05) is 12.6 Å². The van der Waals surface area contributed by atoms with Gasteiger partial charge in [0.05, 0.1) is 5.41 Å². The molecular formula is C12H21NO2. The Balaban J connectivity index is 2.00. The lowest BCUT2D eigenvalue weighted by molar-refractivity contribution is -0.148. The zero-order valence-electron chi connectivity index (χ0n) is 9.70. The molecule has 2 rings (SSSR count). The predicted octanol–water partition coefficient (Wildman–Crippen LogP) is 1.97. The van der Waals surface area contributed by atoms with Crippen molar-refractivity contribution in [1.82, 2.24) is 4.90 Å². The molecule has 2 atom stereocenters. The molecule has 0 aromatic heterocycles. The number of carbonyl (C=O) groups is 1. The molecule has 3 nitrogen and oxygen atoms in total. The van der Waals surface area contributed by atoms with Gasteiger partial charge in [-0.05, 0) is 45.1 Å². The lowest BCUT2D eigenvalue weighted by atomic mass is 9.84. The summed E-state index contributed by atoms with van der Waals surface area (Å²) in [5.74, 6) is 0.238. The van der Waals surface area contributed by atoms with E-state index in [9.17, 15) is 9.90 Å². The summed E-state index contributed by atoms with van der Waals surface area (Å²) in [5.41, 5.74) is -0.455. The summed E-state index contributed by atoms with van der Waals surface area (Å²) in [7, 11) is 0. The van der Waals surface area contributed by atoms with Crippen LogP contribution in [0.2, 0.25) is 0 Å². The SMILES string of the molecule is CCC1(C(=O)O)CCN(C(C)C2CC2)C1. The molecule has 0 aromatic rings. The van der Waals surface area contributed by atoms with Crippen molar-refractivity contribution in [3.8, 4) is 0 Å². The second kappa shape index (κ2) is 3.78. The van der Waals surface area contributed by atoms with E-state index in [4.69, 9.17) is 0 Å². The Morgan fingerprint density at radius 1 is 1.60 bits per heavy atom. The van der Waals surface area contributed by atoms with Gasteiger partial charge in [0.1, 0.15) is 0 Å². The summed E-state index contributed by atoms with van der Waals surface area (Å²) in [6.07, 6.45) is 4.26. The van der Waals surface area contributed by atoms with Crippen LogP contribution in [0.5, 0.6) is 0 Å². The molecule has 0 radical (unpaired) electrons. The van der Waals surface area contributed by atoms with Crippen LogP contribution in [0, 0.1) is 11.3 Å². The molecule has 0 spiro atoms. The van der Waals surface area contributed by atoms with Gasteiger partial charge in [0.25, 0.3) is 0 Å². The first-order valence-electron chi connectivity index (χ1n) is 6.06. The first-order valence-corrected chi connectivity index (χ1v) is 6.06. The number of likely N-dealkylation sites (tertiary alicyclic amines) is 1. The smallest absolute Gasteiger partial charge is 0.310 e. The topological polar surface area (TPSA) is 40.5 Å². The van der Waals surface area contributed by atoms with Crippen LogP contribution in [0.25, 0.3) is 0 Å². The van der Waals surface area contributed by atoms with Gasteiger partial charge in [-0.1, -0.05) is 6.92 Å². The van der Waals surface area contributed by atoms with Crippen LogP contribution < -0.4 is 0 Å². The molecule has 15 heavy (non-hydrogen) atoms. The lowest BCUT2D eigenvalue weighted by Gasteiger charge is -2.27. The molecule has 0 bridgehead atoms. The van der Waals surface area contributed by atoms with Crippen molar-refractivity contribution in [3.05, 3.63) is 0 Å². The molecule has 1 saturated carbocycles. The monoisotopic (exact) mass is 211 g/mol. The number of rotatable bonds is 4. The fourth-order valence-electron chi connectivity index (χ4n) is 2.74. The molecule has 2 fully saturated rings. The number of nitrogens with zero attached hydrogens (tertiary/aromatic N) is 1. The third kappa shape index (κ3) is 1.89. The highest BCUT2D eigenvalue weighted by Gasteiger charge is 2.46. The summed E-state index contributed by atoms with van der Waals surface area (Å²) in [6, 6.07) is 0.595. The minimum Gasteiger partial charge on any atom is -0.481 e. The third-order valence-corrected chi connectivity index (χ3v) is 4.39. The molecule has 2 aliphatic rings. The number of aliphatic carboxylic acids is 1. The van der Waals surface area contributed by atoms with Crippen molar-refractivity contribution in [2.45, 2.75) is 45.6 Å². The van der Waals surface area contributed by atoms with Crippen molar-refractivity contribution < 1.29 is 9.90 Å². The van der Waals surface area contributed by atoms with E-state index in [2.05, 4.69) is 11.8 Å². The fraction of sp³-hybridized carbons (Fsp3) is 0.917. The first kappa shape index (κ1) is 10.9. The van der Waals surface area contributed by atoms with Gasteiger partial charge >= 0.3 is 5.97 Å². The zero-order valence-corrected chi connectivity index (χ0v) is 9.70. The van der Waals surface area contributed by atoms with E-state index in [1.165, 1.54) is 12.8 Å². The Kier molecular flexibility index (Phi) is 2.75. The maximum atomic E-state index is 11.3. The molecule has 1 aliphatic carbocycles. The molecular weight excluding hydrogens is 190 g/mol. The molecule has 2 unspecified atom stereocenters. The van der Waals surface area contributed by atoms with Gasteiger partial charge in [-0.25, -0.2) is 0 Å². The molecule has 0 aromatic carbocycles. The molecule has 1 aliphatic heterocycles. The van der Waals surface area contributed by atoms with Crippen LogP contribution in [0.3, 0.4) is 0 Å². The number of carboxylic acids is 1.